The average Bonchev–Trinajstić information content (AvgIpc) is 2.36. The predicted molar refractivity (Wildman–Crippen MR) is 67.0 cm³/mol. The van der Waals surface area contributed by atoms with Gasteiger partial charge in [-0.2, -0.15) is 0 Å². The van der Waals surface area contributed by atoms with Crippen molar-refractivity contribution < 1.29 is 14.3 Å². The number of nitrogens with one attached hydrogen (secondary N) is 1. The molecule has 1 aromatic carbocycles. The Morgan fingerprint density at radius 1 is 1.29 bits per heavy atom. The summed E-state index contributed by atoms with van der Waals surface area (Å²) in [6.45, 7) is 0. The van der Waals surface area contributed by atoms with E-state index in [1.54, 1.807) is 25.3 Å². The van der Waals surface area contributed by atoms with Crippen LogP contribution in [-0.4, -0.2) is 25.2 Å². The molecule has 0 bridgehead atoms. The van der Waals surface area contributed by atoms with Gasteiger partial charge in [0.15, 0.2) is 0 Å². The summed E-state index contributed by atoms with van der Waals surface area (Å²) in [5.41, 5.74) is 1.21. The van der Waals surface area contributed by atoms with Crippen LogP contribution in [0, 0.1) is 4.64 Å². The summed E-state index contributed by atoms with van der Waals surface area (Å²) in [6.07, 6.45) is 0. The molecule has 0 aliphatic rings. The molecule has 0 atom stereocenters. The minimum Gasteiger partial charge on any atom is -0.497 e. The number of benzene rings is 1. The van der Waals surface area contributed by atoms with Crippen molar-refractivity contribution in [3.63, 3.8) is 0 Å². The van der Waals surface area contributed by atoms with E-state index in [9.17, 15) is 4.79 Å². The molecule has 0 aliphatic heterocycles. The molecule has 0 fully saturated rings. The van der Waals surface area contributed by atoms with E-state index in [2.05, 4.69) is 4.98 Å². The Bertz CT molecular complexity index is 633. The van der Waals surface area contributed by atoms with Crippen molar-refractivity contribution in [3.05, 3.63) is 34.5 Å². The molecule has 17 heavy (non-hydrogen) atoms. The molecule has 0 saturated carbocycles. The van der Waals surface area contributed by atoms with Crippen LogP contribution in [0.25, 0.3) is 10.9 Å². The lowest BCUT2D eigenvalue weighted by atomic mass is 10.1. The molecular formula is C12H11NO3S. The number of hydrogen-bond donors (Lipinski definition) is 1. The third-order valence-corrected chi connectivity index (χ3v) is 2.68. The zero-order valence-electron chi connectivity index (χ0n) is 9.44. The Hall–Kier alpha value is -1.88. The second-order valence-corrected chi connectivity index (χ2v) is 3.89. The second-order valence-electron chi connectivity index (χ2n) is 3.45. The first-order chi connectivity index (χ1) is 8.15. The number of fused-ring (bicyclic) bond motifs is 1. The molecule has 0 spiro atoms. The van der Waals surface area contributed by atoms with Gasteiger partial charge in [-0.25, -0.2) is 4.79 Å². The fourth-order valence-corrected chi connectivity index (χ4v) is 1.87. The van der Waals surface area contributed by atoms with Gasteiger partial charge >= 0.3 is 5.97 Å². The molecule has 0 saturated heterocycles. The Morgan fingerprint density at radius 3 is 2.71 bits per heavy atom. The minimum absolute atomic E-state index is 0.414. The van der Waals surface area contributed by atoms with Crippen molar-refractivity contribution >= 4 is 29.1 Å². The molecular weight excluding hydrogens is 238 g/mol. The predicted octanol–water partition coefficient (Wildman–Crippen LogP) is 2.69. The first-order valence-electron chi connectivity index (χ1n) is 4.95. The van der Waals surface area contributed by atoms with Gasteiger partial charge in [-0.15, -0.1) is 0 Å². The molecule has 0 aliphatic carbocycles. The highest BCUT2D eigenvalue weighted by Gasteiger charge is 2.11. The Kier molecular flexibility index (Phi) is 3.10. The van der Waals surface area contributed by atoms with Crippen molar-refractivity contribution in [2.24, 2.45) is 0 Å². The third-order valence-electron chi connectivity index (χ3n) is 2.46. The number of carbonyl (C=O) groups is 1. The van der Waals surface area contributed by atoms with Gasteiger partial charge in [-0.3, -0.25) is 0 Å². The number of ether oxygens (including phenoxy) is 2. The van der Waals surface area contributed by atoms with Crippen LogP contribution in [0.4, 0.5) is 0 Å². The maximum absolute atomic E-state index is 11.7. The number of methoxy groups -OCH3 is 2. The zero-order valence-corrected chi connectivity index (χ0v) is 10.3. The smallest absolute Gasteiger partial charge is 0.338 e. The Balaban J connectivity index is 2.79. The fraction of sp³-hybridized carbons (Fsp3) is 0.167. The lowest BCUT2D eigenvalue weighted by Crippen LogP contribution is -2.03. The second kappa shape index (κ2) is 4.55. The van der Waals surface area contributed by atoms with Gasteiger partial charge in [0.05, 0.1) is 19.8 Å². The van der Waals surface area contributed by atoms with Crippen molar-refractivity contribution in [1.29, 1.82) is 0 Å². The third kappa shape index (κ3) is 2.14. The highest BCUT2D eigenvalue weighted by atomic mass is 32.1. The van der Waals surface area contributed by atoms with Gasteiger partial charge in [-0.1, -0.05) is 12.2 Å². The van der Waals surface area contributed by atoms with Crippen LogP contribution in [0.1, 0.15) is 10.4 Å². The number of pyridine rings is 1. The van der Waals surface area contributed by atoms with Gasteiger partial charge < -0.3 is 14.5 Å². The van der Waals surface area contributed by atoms with Gasteiger partial charge in [0, 0.05) is 10.9 Å². The maximum atomic E-state index is 11.7. The number of carbonyl (C=O) groups excluding carboxylic acids is 1. The summed E-state index contributed by atoms with van der Waals surface area (Å²) in [7, 11) is 2.91. The van der Waals surface area contributed by atoms with Gasteiger partial charge in [0.25, 0.3) is 0 Å². The molecule has 5 heteroatoms. The van der Waals surface area contributed by atoms with Crippen molar-refractivity contribution in [2.75, 3.05) is 14.2 Å². The van der Waals surface area contributed by atoms with Crippen molar-refractivity contribution in [3.8, 4) is 5.75 Å². The van der Waals surface area contributed by atoms with Crippen LogP contribution >= 0.6 is 12.2 Å². The highest BCUT2D eigenvalue weighted by molar-refractivity contribution is 7.71. The van der Waals surface area contributed by atoms with E-state index < -0.39 is 5.97 Å². The topological polar surface area (TPSA) is 51.3 Å². The minimum atomic E-state index is -0.414. The Labute approximate surface area is 103 Å². The lowest BCUT2D eigenvalue weighted by molar-refractivity contribution is 0.0603. The normalized spacial score (nSPS) is 10.2. The number of hydrogen-bond acceptors (Lipinski definition) is 4. The van der Waals surface area contributed by atoms with Crippen molar-refractivity contribution in [2.45, 2.75) is 0 Å². The monoisotopic (exact) mass is 249 g/mol. The first kappa shape index (κ1) is 11.6. The quantitative estimate of drug-likeness (QED) is 0.656. The molecule has 1 aromatic heterocycles. The number of H-pyrrole nitrogens is 1. The summed E-state index contributed by atoms with van der Waals surface area (Å²) in [6, 6.07) is 6.97. The van der Waals surface area contributed by atoms with Gasteiger partial charge in [0.2, 0.25) is 0 Å². The number of esters is 1. The molecule has 4 nitrogen and oxygen atoms in total. The van der Waals surface area contributed by atoms with Crippen molar-refractivity contribution in [1.82, 2.24) is 4.98 Å². The van der Waals surface area contributed by atoms with Crippen LogP contribution in [0.5, 0.6) is 5.75 Å². The van der Waals surface area contributed by atoms with Crippen LogP contribution < -0.4 is 4.74 Å². The molecule has 0 unspecified atom stereocenters. The largest absolute Gasteiger partial charge is 0.497 e. The fourth-order valence-electron chi connectivity index (χ4n) is 1.64. The summed E-state index contributed by atoms with van der Waals surface area (Å²) >= 11 is 5.06. The molecule has 0 radical (unpaired) electrons. The number of aromatic amines is 1. The summed E-state index contributed by atoms with van der Waals surface area (Å²) in [5.74, 6) is 0.261. The van der Waals surface area contributed by atoms with Crippen LogP contribution in [0.15, 0.2) is 24.3 Å². The molecule has 1 N–H and O–H groups in total. The number of rotatable bonds is 2. The molecule has 2 aromatic rings. The van der Waals surface area contributed by atoms with E-state index in [4.69, 9.17) is 21.7 Å². The number of aromatic nitrogens is 1. The molecule has 2 rings (SSSR count). The van der Waals surface area contributed by atoms with E-state index in [0.717, 1.165) is 10.9 Å². The SMILES string of the molecule is COC(=O)c1cc(=S)[nH]c2ccc(OC)cc12. The Morgan fingerprint density at radius 2 is 2.06 bits per heavy atom. The zero-order chi connectivity index (χ0) is 12.4. The summed E-state index contributed by atoms with van der Waals surface area (Å²) in [4.78, 5) is 14.7. The van der Waals surface area contributed by atoms with E-state index in [-0.39, 0.29) is 0 Å². The highest BCUT2D eigenvalue weighted by Crippen LogP contribution is 2.23. The van der Waals surface area contributed by atoms with Gasteiger partial charge in [-0.05, 0) is 24.3 Å². The maximum Gasteiger partial charge on any atom is 0.338 e. The van der Waals surface area contributed by atoms with E-state index >= 15 is 0 Å². The first-order valence-corrected chi connectivity index (χ1v) is 5.36. The standard InChI is InChI=1S/C12H11NO3S/c1-15-7-3-4-10-8(5-7)9(12(14)16-2)6-11(17)13-10/h3-6H,1-2H3,(H,13,17). The van der Waals surface area contributed by atoms with Crippen LogP contribution in [0.3, 0.4) is 0 Å². The molecule has 88 valence electrons. The van der Waals surface area contributed by atoms with Crippen LogP contribution in [-0.2, 0) is 4.74 Å². The molecule has 0 amide bonds. The summed E-state index contributed by atoms with van der Waals surface area (Å²) in [5, 5.41) is 0.727. The average molecular weight is 249 g/mol. The van der Waals surface area contributed by atoms with E-state index in [0.29, 0.717) is 16.0 Å². The van der Waals surface area contributed by atoms with Gasteiger partial charge in [0.1, 0.15) is 10.4 Å². The lowest BCUT2D eigenvalue weighted by Gasteiger charge is -2.07. The van der Waals surface area contributed by atoms with E-state index in [1.807, 2.05) is 6.07 Å². The summed E-state index contributed by atoms with van der Waals surface area (Å²) < 4.78 is 10.4. The van der Waals surface area contributed by atoms with E-state index in [1.165, 1.54) is 7.11 Å². The molecule has 1 heterocycles. The van der Waals surface area contributed by atoms with Crippen LogP contribution in [0.2, 0.25) is 0 Å².